The van der Waals surface area contributed by atoms with Gasteiger partial charge in [0.05, 0.1) is 17.5 Å². The largest absolute Gasteiger partial charge is 0.352 e. The van der Waals surface area contributed by atoms with Crippen molar-refractivity contribution in [3.63, 3.8) is 0 Å². The number of nitrogens with zero attached hydrogens (tertiary/aromatic N) is 3. The summed E-state index contributed by atoms with van der Waals surface area (Å²) in [6.45, 7) is 7.53. The quantitative estimate of drug-likeness (QED) is 0.793. The van der Waals surface area contributed by atoms with Crippen LogP contribution in [0.25, 0.3) is 11.0 Å². The average Bonchev–Trinajstić information content (AvgIpc) is 2.85. The lowest BCUT2D eigenvalue weighted by Crippen LogP contribution is -2.27. The van der Waals surface area contributed by atoms with Crippen LogP contribution in [-0.4, -0.2) is 40.8 Å². The van der Waals surface area contributed by atoms with Crippen LogP contribution in [0.2, 0.25) is 0 Å². The van der Waals surface area contributed by atoms with E-state index >= 15 is 0 Å². The summed E-state index contributed by atoms with van der Waals surface area (Å²) in [7, 11) is 1.90. The SMILES string of the molecule is CNCCCNC(=O)c1cc2cnn(C(C)C)c2nc1C. The molecule has 0 aliphatic carbocycles. The molecular formula is C15H23N5O. The van der Waals surface area contributed by atoms with Gasteiger partial charge in [0.25, 0.3) is 5.91 Å². The number of pyridine rings is 1. The van der Waals surface area contributed by atoms with Gasteiger partial charge in [-0.3, -0.25) is 4.79 Å². The molecule has 0 aliphatic rings. The summed E-state index contributed by atoms with van der Waals surface area (Å²) >= 11 is 0. The van der Waals surface area contributed by atoms with Crippen LogP contribution in [0.3, 0.4) is 0 Å². The van der Waals surface area contributed by atoms with E-state index in [1.54, 1.807) is 6.20 Å². The lowest BCUT2D eigenvalue weighted by Gasteiger charge is -2.09. The van der Waals surface area contributed by atoms with Crippen molar-refractivity contribution >= 4 is 16.9 Å². The Kier molecular flexibility index (Phi) is 4.90. The van der Waals surface area contributed by atoms with Gasteiger partial charge in [0.15, 0.2) is 5.65 Å². The van der Waals surface area contributed by atoms with E-state index < -0.39 is 0 Å². The number of hydrogen-bond donors (Lipinski definition) is 2. The average molecular weight is 289 g/mol. The number of fused-ring (bicyclic) bond motifs is 1. The van der Waals surface area contributed by atoms with Crippen LogP contribution in [0.1, 0.15) is 42.4 Å². The van der Waals surface area contributed by atoms with Crippen molar-refractivity contribution in [1.82, 2.24) is 25.4 Å². The van der Waals surface area contributed by atoms with E-state index in [2.05, 4.69) is 34.6 Å². The molecule has 2 N–H and O–H groups in total. The van der Waals surface area contributed by atoms with Crippen molar-refractivity contribution in [3.8, 4) is 0 Å². The molecule has 0 fully saturated rings. The van der Waals surface area contributed by atoms with Crippen molar-refractivity contribution in [2.75, 3.05) is 20.1 Å². The van der Waals surface area contributed by atoms with Gasteiger partial charge in [-0.05, 0) is 46.9 Å². The van der Waals surface area contributed by atoms with Crippen molar-refractivity contribution in [2.45, 2.75) is 33.2 Å². The molecule has 0 bridgehead atoms. The summed E-state index contributed by atoms with van der Waals surface area (Å²) in [5.74, 6) is -0.0738. The summed E-state index contributed by atoms with van der Waals surface area (Å²) in [5.41, 5.74) is 2.18. The molecule has 6 heteroatoms. The minimum absolute atomic E-state index is 0.0738. The second-order valence-corrected chi connectivity index (χ2v) is 5.43. The fraction of sp³-hybridized carbons (Fsp3) is 0.533. The van der Waals surface area contributed by atoms with E-state index in [-0.39, 0.29) is 11.9 Å². The van der Waals surface area contributed by atoms with Gasteiger partial charge in [0.1, 0.15) is 0 Å². The molecule has 0 aromatic carbocycles. The third-order valence-electron chi connectivity index (χ3n) is 3.38. The van der Waals surface area contributed by atoms with E-state index in [1.807, 2.05) is 24.7 Å². The van der Waals surface area contributed by atoms with Gasteiger partial charge in [-0.15, -0.1) is 0 Å². The maximum Gasteiger partial charge on any atom is 0.253 e. The predicted octanol–water partition coefficient (Wildman–Crippen LogP) is 1.66. The number of aromatic nitrogens is 3. The molecule has 0 spiro atoms. The Hall–Kier alpha value is -1.95. The third-order valence-corrected chi connectivity index (χ3v) is 3.38. The third kappa shape index (κ3) is 3.39. The van der Waals surface area contributed by atoms with Crippen LogP contribution in [-0.2, 0) is 0 Å². The molecule has 6 nitrogen and oxygen atoms in total. The van der Waals surface area contributed by atoms with Crippen LogP contribution < -0.4 is 10.6 Å². The maximum absolute atomic E-state index is 12.2. The van der Waals surface area contributed by atoms with Crippen molar-refractivity contribution < 1.29 is 4.79 Å². The van der Waals surface area contributed by atoms with E-state index in [0.717, 1.165) is 29.7 Å². The van der Waals surface area contributed by atoms with Gasteiger partial charge < -0.3 is 10.6 Å². The molecule has 0 radical (unpaired) electrons. The number of aryl methyl sites for hydroxylation is 1. The molecule has 0 atom stereocenters. The number of nitrogens with one attached hydrogen (secondary N) is 2. The molecule has 1 amide bonds. The van der Waals surface area contributed by atoms with Crippen molar-refractivity contribution in [1.29, 1.82) is 0 Å². The minimum atomic E-state index is -0.0738. The molecule has 21 heavy (non-hydrogen) atoms. The fourth-order valence-electron chi connectivity index (χ4n) is 2.24. The zero-order chi connectivity index (χ0) is 15.4. The number of hydrogen-bond acceptors (Lipinski definition) is 4. The molecule has 114 valence electrons. The highest BCUT2D eigenvalue weighted by molar-refractivity contribution is 5.98. The number of amides is 1. The topological polar surface area (TPSA) is 71.8 Å². The van der Waals surface area contributed by atoms with E-state index in [4.69, 9.17) is 0 Å². The first-order chi connectivity index (χ1) is 10.0. The predicted molar refractivity (Wildman–Crippen MR) is 83.5 cm³/mol. The summed E-state index contributed by atoms with van der Waals surface area (Å²) in [5, 5.41) is 11.2. The standard InChI is InChI=1S/C15H23N5O/c1-10(2)20-14-12(9-18-20)8-13(11(3)19-14)15(21)17-7-5-6-16-4/h8-10,16H,5-7H2,1-4H3,(H,17,21). The first-order valence-corrected chi connectivity index (χ1v) is 7.32. The first kappa shape index (κ1) is 15.4. The van der Waals surface area contributed by atoms with Gasteiger partial charge in [0.2, 0.25) is 0 Å². The van der Waals surface area contributed by atoms with E-state index in [0.29, 0.717) is 12.1 Å². The molecule has 0 unspecified atom stereocenters. The van der Waals surface area contributed by atoms with Gasteiger partial charge >= 0.3 is 0 Å². The van der Waals surface area contributed by atoms with Crippen LogP contribution in [0.5, 0.6) is 0 Å². The van der Waals surface area contributed by atoms with Gasteiger partial charge in [-0.1, -0.05) is 0 Å². The first-order valence-electron chi connectivity index (χ1n) is 7.32. The van der Waals surface area contributed by atoms with Gasteiger partial charge in [-0.2, -0.15) is 5.10 Å². The monoisotopic (exact) mass is 289 g/mol. The number of rotatable bonds is 6. The molecule has 2 heterocycles. The molecule has 0 saturated heterocycles. The van der Waals surface area contributed by atoms with Crippen molar-refractivity contribution in [3.05, 3.63) is 23.5 Å². The summed E-state index contributed by atoms with van der Waals surface area (Å²) in [6.07, 6.45) is 2.67. The van der Waals surface area contributed by atoms with Crippen LogP contribution in [0.15, 0.2) is 12.3 Å². The van der Waals surface area contributed by atoms with Crippen molar-refractivity contribution in [2.24, 2.45) is 0 Å². The second-order valence-electron chi connectivity index (χ2n) is 5.43. The van der Waals surface area contributed by atoms with Gasteiger partial charge in [-0.25, -0.2) is 9.67 Å². The molecule has 2 aromatic rings. The highest BCUT2D eigenvalue weighted by Gasteiger charge is 2.14. The Bertz CT molecular complexity index is 632. The summed E-state index contributed by atoms with van der Waals surface area (Å²) in [6, 6.07) is 2.12. The molecule has 0 saturated carbocycles. The molecule has 2 aromatic heterocycles. The Morgan fingerprint density at radius 1 is 1.38 bits per heavy atom. The zero-order valence-electron chi connectivity index (χ0n) is 13.1. The lowest BCUT2D eigenvalue weighted by atomic mass is 10.1. The fourth-order valence-corrected chi connectivity index (χ4v) is 2.24. The Morgan fingerprint density at radius 2 is 2.14 bits per heavy atom. The second kappa shape index (κ2) is 6.67. The normalized spacial score (nSPS) is 11.3. The highest BCUT2D eigenvalue weighted by atomic mass is 16.1. The lowest BCUT2D eigenvalue weighted by molar-refractivity contribution is 0.0952. The van der Waals surface area contributed by atoms with Crippen LogP contribution >= 0.6 is 0 Å². The van der Waals surface area contributed by atoms with E-state index in [1.165, 1.54) is 0 Å². The van der Waals surface area contributed by atoms with E-state index in [9.17, 15) is 4.79 Å². The van der Waals surface area contributed by atoms with Gasteiger partial charge in [0, 0.05) is 18.0 Å². The highest BCUT2D eigenvalue weighted by Crippen LogP contribution is 2.19. The summed E-state index contributed by atoms with van der Waals surface area (Å²) in [4.78, 5) is 16.8. The minimum Gasteiger partial charge on any atom is -0.352 e. The van der Waals surface area contributed by atoms with Crippen LogP contribution in [0.4, 0.5) is 0 Å². The zero-order valence-corrected chi connectivity index (χ0v) is 13.1. The Morgan fingerprint density at radius 3 is 2.81 bits per heavy atom. The van der Waals surface area contributed by atoms with Crippen LogP contribution in [0, 0.1) is 6.92 Å². The Labute approximate surface area is 124 Å². The molecule has 2 rings (SSSR count). The number of carbonyl (C=O) groups excluding carboxylic acids is 1. The Balaban J connectivity index is 2.21. The number of carbonyl (C=O) groups is 1. The maximum atomic E-state index is 12.2. The smallest absolute Gasteiger partial charge is 0.253 e. The molecular weight excluding hydrogens is 266 g/mol. The molecule has 0 aliphatic heterocycles. The summed E-state index contributed by atoms with van der Waals surface area (Å²) < 4.78 is 1.87.